The third-order valence-electron chi connectivity index (χ3n) is 5.14. The van der Waals surface area contributed by atoms with Crippen molar-refractivity contribution >= 4 is 0 Å². The van der Waals surface area contributed by atoms with Gasteiger partial charge in [0.15, 0.2) is 0 Å². The van der Waals surface area contributed by atoms with Gasteiger partial charge in [-0.15, -0.1) is 0 Å². The highest BCUT2D eigenvalue weighted by Gasteiger charge is 2.15. The zero-order valence-electron chi connectivity index (χ0n) is 14.7. The molecule has 0 spiro atoms. The van der Waals surface area contributed by atoms with E-state index in [9.17, 15) is 0 Å². The van der Waals surface area contributed by atoms with Crippen LogP contribution in [0, 0.1) is 0 Å². The highest BCUT2D eigenvalue weighted by Crippen LogP contribution is 2.13. The molecule has 128 valence electrons. The normalized spacial score (nSPS) is 13.5. The van der Waals surface area contributed by atoms with E-state index in [1.165, 1.54) is 22.3 Å². The summed E-state index contributed by atoms with van der Waals surface area (Å²) in [6, 6.07) is 17.5. The first kappa shape index (κ1) is 15.1. The van der Waals surface area contributed by atoms with Gasteiger partial charge in [-0.1, -0.05) is 48.5 Å². The fourth-order valence-electron chi connectivity index (χ4n) is 3.77. The summed E-state index contributed by atoms with van der Waals surface area (Å²) in [5, 5.41) is 0. The summed E-state index contributed by atoms with van der Waals surface area (Å²) in [5.74, 6) is 0. The molecule has 4 heteroatoms. The Balaban J connectivity index is 1.61. The summed E-state index contributed by atoms with van der Waals surface area (Å²) in [4.78, 5) is 0. The standard InChI is InChI=1S/C22H22N4/c1-2-6-20-14-24-11-12-26(18-24)16-22-8-4-3-7-21(22)15-25-10-9-23(17-25)13-19(20)5-1/h1-12,17-18H,13-16H2/q+2. The number of nitrogens with zero attached hydrogens (tertiary/aromatic N) is 4. The van der Waals surface area contributed by atoms with Gasteiger partial charge in [0.2, 0.25) is 12.7 Å². The average molecular weight is 342 g/mol. The molecule has 26 heavy (non-hydrogen) atoms. The Labute approximate surface area is 153 Å². The van der Waals surface area contributed by atoms with E-state index in [4.69, 9.17) is 0 Å². The lowest BCUT2D eigenvalue weighted by Gasteiger charge is -2.08. The Morgan fingerprint density at radius 3 is 1.46 bits per heavy atom. The van der Waals surface area contributed by atoms with E-state index < -0.39 is 0 Å². The van der Waals surface area contributed by atoms with Crippen LogP contribution >= 0.6 is 0 Å². The monoisotopic (exact) mass is 342 g/mol. The van der Waals surface area contributed by atoms with Crippen molar-refractivity contribution in [3.8, 4) is 0 Å². The molecule has 0 N–H and O–H groups in total. The SMILES string of the molecule is c1ccc2c(c1)Cn1cc[n+](c1)Cc1ccccc1Cn1cc[n+](c1)C2. The molecule has 0 saturated carbocycles. The van der Waals surface area contributed by atoms with Crippen LogP contribution in [-0.2, 0) is 26.2 Å². The first-order chi connectivity index (χ1) is 12.8. The van der Waals surface area contributed by atoms with Crippen molar-refractivity contribution in [2.45, 2.75) is 26.2 Å². The second-order valence-electron chi connectivity index (χ2n) is 7.05. The fourth-order valence-corrected chi connectivity index (χ4v) is 3.77. The number of benzene rings is 2. The molecule has 0 amide bonds. The van der Waals surface area contributed by atoms with E-state index >= 15 is 0 Å². The second-order valence-corrected chi connectivity index (χ2v) is 7.05. The molecule has 0 fully saturated rings. The zero-order valence-corrected chi connectivity index (χ0v) is 14.7. The van der Waals surface area contributed by atoms with Gasteiger partial charge >= 0.3 is 0 Å². The minimum Gasteiger partial charge on any atom is -0.233 e. The third kappa shape index (κ3) is 2.94. The minimum atomic E-state index is 0.895. The Kier molecular flexibility index (Phi) is 3.67. The van der Waals surface area contributed by atoms with Gasteiger partial charge < -0.3 is 0 Å². The third-order valence-corrected chi connectivity index (χ3v) is 5.14. The smallest absolute Gasteiger partial charge is 0.233 e. The first-order valence-corrected chi connectivity index (χ1v) is 9.07. The Morgan fingerprint density at radius 1 is 0.577 bits per heavy atom. The molecule has 0 radical (unpaired) electrons. The first-order valence-electron chi connectivity index (χ1n) is 9.07. The zero-order chi connectivity index (χ0) is 17.3. The summed E-state index contributed by atoms with van der Waals surface area (Å²) in [6.07, 6.45) is 13.1. The van der Waals surface area contributed by atoms with Crippen LogP contribution < -0.4 is 9.13 Å². The van der Waals surface area contributed by atoms with Crippen molar-refractivity contribution in [2.75, 3.05) is 0 Å². The van der Waals surface area contributed by atoms with Crippen LogP contribution in [-0.4, -0.2) is 9.13 Å². The van der Waals surface area contributed by atoms with Crippen LogP contribution in [0.2, 0.25) is 0 Å². The van der Waals surface area contributed by atoms with Crippen molar-refractivity contribution in [1.82, 2.24) is 9.13 Å². The number of fused-ring (bicyclic) bond motifs is 6. The van der Waals surface area contributed by atoms with Gasteiger partial charge in [0.05, 0.1) is 0 Å². The molecule has 4 aromatic rings. The molecule has 2 aromatic heterocycles. The van der Waals surface area contributed by atoms with Gasteiger partial charge in [-0.3, -0.25) is 0 Å². The van der Waals surface area contributed by atoms with Gasteiger partial charge in [-0.2, -0.15) is 0 Å². The quantitative estimate of drug-likeness (QED) is 0.385. The lowest BCUT2D eigenvalue weighted by atomic mass is 10.1. The topological polar surface area (TPSA) is 17.6 Å². The van der Waals surface area contributed by atoms with Crippen molar-refractivity contribution in [2.24, 2.45) is 0 Å². The van der Waals surface area contributed by atoms with Crippen LogP contribution in [0.15, 0.2) is 86.0 Å². The van der Waals surface area contributed by atoms with Crippen molar-refractivity contribution in [3.05, 3.63) is 108 Å². The maximum atomic E-state index is 2.27. The molecule has 5 rings (SSSR count). The van der Waals surface area contributed by atoms with Crippen LogP contribution in [0.4, 0.5) is 0 Å². The number of rotatable bonds is 0. The Hall–Kier alpha value is -3.14. The molecular formula is C22H22N4+2. The molecule has 0 aliphatic carbocycles. The van der Waals surface area contributed by atoms with Crippen LogP contribution in [0.1, 0.15) is 22.3 Å². The van der Waals surface area contributed by atoms with E-state index in [-0.39, 0.29) is 0 Å². The van der Waals surface area contributed by atoms with Crippen LogP contribution in [0.5, 0.6) is 0 Å². The highest BCUT2D eigenvalue weighted by molar-refractivity contribution is 5.27. The minimum absolute atomic E-state index is 0.895. The Morgan fingerprint density at radius 2 is 1.00 bits per heavy atom. The molecule has 1 aliphatic rings. The molecule has 0 unspecified atom stereocenters. The predicted molar refractivity (Wildman–Crippen MR) is 98.5 cm³/mol. The van der Waals surface area contributed by atoms with E-state index in [1.54, 1.807) is 0 Å². The highest BCUT2D eigenvalue weighted by atomic mass is 15.1. The molecule has 0 atom stereocenters. The molecule has 4 bridgehead atoms. The Bertz CT molecular complexity index is 892. The molecule has 4 nitrogen and oxygen atoms in total. The van der Waals surface area contributed by atoms with E-state index in [1.807, 2.05) is 0 Å². The van der Waals surface area contributed by atoms with Gasteiger partial charge in [-0.05, 0) is 0 Å². The lowest BCUT2D eigenvalue weighted by molar-refractivity contribution is -0.688. The van der Waals surface area contributed by atoms with Crippen molar-refractivity contribution in [1.29, 1.82) is 0 Å². The van der Waals surface area contributed by atoms with Crippen LogP contribution in [0.25, 0.3) is 0 Å². The number of imidazole rings is 2. The molecule has 2 aromatic carbocycles. The molecule has 3 heterocycles. The largest absolute Gasteiger partial charge is 0.244 e. The van der Waals surface area contributed by atoms with Gasteiger partial charge in [0.1, 0.15) is 51.0 Å². The van der Waals surface area contributed by atoms with Crippen molar-refractivity contribution < 1.29 is 9.13 Å². The second kappa shape index (κ2) is 6.30. The van der Waals surface area contributed by atoms with Crippen LogP contribution in [0.3, 0.4) is 0 Å². The maximum absolute atomic E-state index is 2.27. The van der Waals surface area contributed by atoms with Gasteiger partial charge in [0, 0.05) is 22.3 Å². The predicted octanol–water partition coefficient (Wildman–Crippen LogP) is 2.37. The number of aromatic nitrogens is 4. The van der Waals surface area contributed by atoms with E-state index in [2.05, 4.69) is 104 Å². The summed E-state index contributed by atoms with van der Waals surface area (Å²) in [5.41, 5.74) is 5.47. The van der Waals surface area contributed by atoms with E-state index in [0.717, 1.165) is 26.2 Å². The van der Waals surface area contributed by atoms with E-state index in [0.29, 0.717) is 0 Å². The molecule has 0 saturated heterocycles. The van der Waals surface area contributed by atoms with Gasteiger partial charge in [0.25, 0.3) is 0 Å². The fraction of sp³-hybridized carbons (Fsp3) is 0.182. The summed E-state index contributed by atoms with van der Waals surface area (Å²) in [6.45, 7) is 3.58. The molecule has 1 aliphatic heterocycles. The summed E-state index contributed by atoms with van der Waals surface area (Å²) < 4.78 is 9.07. The summed E-state index contributed by atoms with van der Waals surface area (Å²) in [7, 11) is 0. The average Bonchev–Trinajstić information content (AvgIpc) is 3.27. The number of hydrogen-bond acceptors (Lipinski definition) is 0. The maximum Gasteiger partial charge on any atom is 0.244 e. The lowest BCUT2D eigenvalue weighted by Crippen LogP contribution is -2.33. The molecular weight excluding hydrogens is 320 g/mol. The van der Waals surface area contributed by atoms with Crippen molar-refractivity contribution in [3.63, 3.8) is 0 Å². The summed E-state index contributed by atoms with van der Waals surface area (Å²) >= 11 is 0. The number of hydrogen-bond donors (Lipinski definition) is 0. The van der Waals surface area contributed by atoms with Gasteiger partial charge in [-0.25, -0.2) is 18.3 Å².